The summed E-state index contributed by atoms with van der Waals surface area (Å²) >= 11 is 0. The minimum absolute atomic E-state index is 0. The number of esters is 1. The second-order valence-electron chi connectivity index (χ2n) is 2.37. The van der Waals surface area contributed by atoms with Gasteiger partial charge in [0.25, 0.3) is 0 Å². The molecule has 0 aliphatic rings. The molecule has 0 heterocycles. The molecule has 0 aliphatic heterocycles. The van der Waals surface area contributed by atoms with E-state index in [1.54, 1.807) is 6.08 Å². The molecule has 0 amide bonds. The minimum Gasteiger partial charge on any atom is -0.491 e. The van der Waals surface area contributed by atoms with Crippen LogP contribution >= 0.6 is 0 Å². The summed E-state index contributed by atoms with van der Waals surface area (Å²) in [5.41, 5.74) is 0. The second kappa shape index (κ2) is 36.1. The van der Waals surface area contributed by atoms with Crippen LogP contribution in [-0.4, -0.2) is 13.1 Å². The molecule has 0 aromatic carbocycles. The van der Waals surface area contributed by atoms with Crippen molar-refractivity contribution in [2.45, 2.75) is 13.3 Å². The van der Waals surface area contributed by atoms with Crippen molar-refractivity contribution >= 4 is 5.97 Å². The third kappa shape index (κ3) is 36.5. The molecular formula is C12H14FeO5. The summed E-state index contributed by atoms with van der Waals surface area (Å²) in [5, 5.41) is 0. The quantitative estimate of drug-likeness (QED) is 0.342. The first-order valence-corrected chi connectivity index (χ1v) is 4.19. The number of ether oxygens (including phenoxy) is 1. The molecule has 0 rings (SSSR count). The van der Waals surface area contributed by atoms with Gasteiger partial charge in [-0.25, -0.2) is 19.1 Å². The Labute approximate surface area is 119 Å². The standard InChI is InChI=1S/C9H14O2.3CO.Fe/c1-4-5-8(2)6-7-9(10)11-3;3*1-2;/h4-5,7-8H,1,6H2,2-3H3;;;;/q-2;;;;+2/b5-4-;;;;. The van der Waals surface area contributed by atoms with Crippen LogP contribution in [-0.2, 0) is 40.6 Å². The van der Waals surface area contributed by atoms with Crippen LogP contribution < -0.4 is 0 Å². The van der Waals surface area contributed by atoms with Gasteiger partial charge in [-0.1, -0.05) is 6.92 Å². The van der Waals surface area contributed by atoms with Crippen molar-refractivity contribution in [2.75, 3.05) is 7.11 Å². The molecule has 100 valence electrons. The van der Waals surface area contributed by atoms with E-state index < -0.39 is 0 Å². The largest absolute Gasteiger partial charge is 2.00 e. The predicted octanol–water partition coefficient (Wildman–Crippen LogP) is 1.67. The molecule has 0 aromatic heterocycles. The van der Waals surface area contributed by atoms with E-state index in [-0.39, 0.29) is 23.0 Å². The number of carbonyl (C=O) groups is 1. The third-order valence-electron chi connectivity index (χ3n) is 1.32. The van der Waals surface area contributed by atoms with Gasteiger partial charge in [-0.2, -0.15) is 6.42 Å². The van der Waals surface area contributed by atoms with Crippen molar-refractivity contribution in [1.29, 1.82) is 0 Å². The molecule has 0 saturated heterocycles. The zero-order chi connectivity index (χ0) is 14.7. The SMILES string of the molecule is [C-]#[O+].[C-]#[O+].[C-]#[O+].[CH2-]/C=C\C(C)C[CH-]C(=O)OC.[Fe+2]. The summed E-state index contributed by atoms with van der Waals surface area (Å²) in [6.45, 7) is 19.1. The van der Waals surface area contributed by atoms with Crippen LogP contribution in [0.4, 0.5) is 0 Å². The maximum Gasteiger partial charge on any atom is 2.00 e. The van der Waals surface area contributed by atoms with E-state index in [1.807, 2.05) is 13.0 Å². The topological polar surface area (TPSA) is 86.0 Å². The Hall–Kier alpha value is -1.31. The molecule has 0 fully saturated rings. The van der Waals surface area contributed by atoms with Gasteiger partial charge in [0.15, 0.2) is 5.97 Å². The van der Waals surface area contributed by atoms with Gasteiger partial charge in [0, 0.05) is 0 Å². The van der Waals surface area contributed by atoms with E-state index in [0.717, 1.165) is 0 Å². The van der Waals surface area contributed by atoms with Crippen molar-refractivity contribution in [3.05, 3.63) is 45.4 Å². The zero-order valence-corrected chi connectivity index (χ0v) is 11.2. The second-order valence-corrected chi connectivity index (χ2v) is 2.37. The van der Waals surface area contributed by atoms with Crippen molar-refractivity contribution in [3.8, 4) is 0 Å². The van der Waals surface area contributed by atoms with Crippen LogP contribution in [0.1, 0.15) is 13.3 Å². The summed E-state index contributed by atoms with van der Waals surface area (Å²) in [5.74, 6) is 0.0842. The van der Waals surface area contributed by atoms with E-state index in [4.69, 9.17) is 14.0 Å². The van der Waals surface area contributed by atoms with Crippen LogP contribution in [0.5, 0.6) is 0 Å². The Bertz CT molecular complexity index is 228. The molecule has 0 aliphatic carbocycles. The predicted molar refractivity (Wildman–Crippen MR) is 56.4 cm³/mol. The number of allylic oxidation sites excluding steroid dienone is 2. The zero-order valence-electron chi connectivity index (χ0n) is 10.1. The van der Waals surface area contributed by atoms with E-state index in [0.29, 0.717) is 12.3 Å². The first-order valence-electron chi connectivity index (χ1n) is 4.19. The fraction of sp³-hybridized carbons (Fsp3) is 0.333. The van der Waals surface area contributed by atoms with Gasteiger partial charge < -0.3 is 4.74 Å². The van der Waals surface area contributed by atoms with Crippen LogP contribution in [0.3, 0.4) is 0 Å². The van der Waals surface area contributed by atoms with E-state index >= 15 is 0 Å². The van der Waals surface area contributed by atoms with Crippen molar-refractivity contribution in [3.63, 3.8) is 0 Å². The fourth-order valence-corrected chi connectivity index (χ4v) is 0.676. The van der Waals surface area contributed by atoms with Gasteiger partial charge >= 0.3 is 51.0 Å². The molecule has 0 saturated carbocycles. The van der Waals surface area contributed by atoms with Gasteiger partial charge in [0.05, 0.1) is 7.11 Å². The Kier molecular flexibility index (Phi) is 60.2. The van der Waals surface area contributed by atoms with Crippen molar-refractivity contribution < 1.29 is 40.6 Å². The van der Waals surface area contributed by atoms with Gasteiger partial charge in [-0.15, -0.1) is 5.92 Å². The monoisotopic (exact) mass is 294 g/mol. The summed E-state index contributed by atoms with van der Waals surface area (Å²) in [6, 6.07) is 0. The molecule has 0 bridgehead atoms. The fourth-order valence-electron chi connectivity index (χ4n) is 0.676. The normalized spacial score (nSPS) is 8.22. The molecule has 1 atom stereocenters. The number of carbonyl (C=O) groups excluding carboxylic acids is 1. The minimum atomic E-state index is -0.269. The molecule has 0 spiro atoms. The van der Waals surface area contributed by atoms with Crippen LogP contribution in [0.15, 0.2) is 12.2 Å². The van der Waals surface area contributed by atoms with Crippen molar-refractivity contribution in [1.82, 2.24) is 0 Å². The number of hydrogen-bond acceptors (Lipinski definition) is 2. The molecular weight excluding hydrogens is 280 g/mol. The molecule has 5 nitrogen and oxygen atoms in total. The Morgan fingerprint density at radius 1 is 1.33 bits per heavy atom. The number of methoxy groups -OCH3 is 1. The smallest absolute Gasteiger partial charge is 0.491 e. The van der Waals surface area contributed by atoms with Crippen LogP contribution in [0.2, 0.25) is 0 Å². The molecule has 6 heteroatoms. The van der Waals surface area contributed by atoms with Gasteiger partial charge in [-0.3, -0.25) is 11.2 Å². The molecule has 0 aromatic rings. The first kappa shape index (κ1) is 30.1. The van der Waals surface area contributed by atoms with Gasteiger partial charge in [-0.05, 0) is 0 Å². The Morgan fingerprint density at radius 2 is 1.72 bits per heavy atom. The van der Waals surface area contributed by atoms with E-state index in [1.165, 1.54) is 13.5 Å². The number of rotatable bonds is 4. The van der Waals surface area contributed by atoms with Crippen molar-refractivity contribution in [2.24, 2.45) is 5.92 Å². The average molecular weight is 294 g/mol. The number of hydrogen-bond donors (Lipinski definition) is 0. The third-order valence-corrected chi connectivity index (χ3v) is 1.32. The summed E-state index contributed by atoms with van der Waals surface area (Å²) in [6.07, 6.45) is 5.92. The molecule has 18 heavy (non-hydrogen) atoms. The molecule has 1 unspecified atom stereocenters. The maximum absolute atomic E-state index is 10.6. The first-order chi connectivity index (χ1) is 8.20. The Balaban J connectivity index is -0.0000000700. The van der Waals surface area contributed by atoms with Crippen LogP contribution in [0.25, 0.3) is 0 Å². The summed E-state index contributed by atoms with van der Waals surface area (Å²) < 4.78 is 26.9. The van der Waals surface area contributed by atoms with E-state index in [2.05, 4.69) is 31.6 Å². The van der Waals surface area contributed by atoms with Gasteiger partial charge in [0.2, 0.25) is 0 Å². The van der Waals surface area contributed by atoms with Gasteiger partial charge in [0.1, 0.15) is 0 Å². The average Bonchev–Trinajstić information content (AvgIpc) is 2.43. The molecule has 0 radical (unpaired) electrons. The maximum atomic E-state index is 10.6. The summed E-state index contributed by atoms with van der Waals surface area (Å²) in [7, 11) is 1.38. The summed E-state index contributed by atoms with van der Waals surface area (Å²) in [4.78, 5) is 10.6. The van der Waals surface area contributed by atoms with E-state index in [9.17, 15) is 4.79 Å². The van der Waals surface area contributed by atoms with Crippen LogP contribution in [0, 0.1) is 39.2 Å². The Morgan fingerprint density at radius 3 is 2.00 bits per heavy atom. The molecule has 0 N–H and O–H groups in total.